The lowest BCUT2D eigenvalue weighted by molar-refractivity contribution is 0.103. The van der Waals surface area contributed by atoms with E-state index >= 15 is 4.39 Å². The molecule has 2 aromatic heterocycles. The third-order valence-corrected chi connectivity index (χ3v) is 6.28. The molecule has 4 rings (SSSR count). The van der Waals surface area contributed by atoms with Gasteiger partial charge in [0.1, 0.15) is 17.2 Å². The molecule has 2 heterocycles. The number of hydrogen-bond donors (Lipinski definition) is 2. The Morgan fingerprint density at radius 1 is 1.16 bits per heavy atom. The minimum atomic E-state index is -4.29. The molecule has 0 saturated carbocycles. The maximum absolute atomic E-state index is 15.4. The molecule has 2 N–H and O–H groups in total. The molecule has 32 heavy (non-hydrogen) atoms. The van der Waals surface area contributed by atoms with Gasteiger partial charge in [-0.05, 0) is 42.8 Å². The Hall–Kier alpha value is -3.79. The van der Waals surface area contributed by atoms with Gasteiger partial charge in [0, 0.05) is 17.1 Å². The van der Waals surface area contributed by atoms with Gasteiger partial charge in [0.2, 0.25) is 0 Å². The second kappa shape index (κ2) is 8.04. The van der Waals surface area contributed by atoms with Gasteiger partial charge in [-0.25, -0.2) is 22.2 Å². The predicted octanol–water partition coefficient (Wildman–Crippen LogP) is 4.19. The maximum atomic E-state index is 15.4. The minimum absolute atomic E-state index is 0.151. The quantitative estimate of drug-likeness (QED) is 0.423. The Labute approximate surface area is 182 Å². The normalized spacial score (nSPS) is 11.5. The van der Waals surface area contributed by atoms with Crippen molar-refractivity contribution in [1.29, 1.82) is 0 Å². The molecule has 0 bridgehead atoms. The number of aromatic amines is 1. The summed E-state index contributed by atoms with van der Waals surface area (Å²) >= 11 is 0. The van der Waals surface area contributed by atoms with E-state index in [0.29, 0.717) is 22.3 Å². The summed E-state index contributed by atoms with van der Waals surface area (Å²) in [5.41, 5.74) is 0.145. The van der Waals surface area contributed by atoms with E-state index < -0.39 is 33.1 Å². The zero-order chi connectivity index (χ0) is 23.0. The first-order valence-corrected chi connectivity index (χ1v) is 10.8. The van der Waals surface area contributed by atoms with Crippen molar-refractivity contribution in [3.63, 3.8) is 0 Å². The summed E-state index contributed by atoms with van der Waals surface area (Å²) in [4.78, 5) is 19.9. The highest BCUT2D eigenvalue weighted by molar-refractivity contribution is 7.92. The van der Waals surface area contributed by atoms with E-state index in [1.54, 1.807) is 6.07 Å². The first-order valence-electron chi connectivity index (χ1n) is 9.34. The number of benzene rings is 2. The number of H-pyrrole nitrogens is 1. The fraction of sp³-hybridized carbons (Fsp3) is 0.0909. The van der Waals surface area contributed by atoms with Crippen LogP contribution in [0.15, 0.2) is 59.8 Å². The number of ether oxygens (including phenoxy) is 1. The summed E-state index contributed by atoms with van der Waals surface area (Å²) < 4.78 is 61.2. The molecule has 7 nitrogen and oxygen atoms in total. The van der Waals surface area contributed by atoms with Crippen molar-refractivity contribution in [2.75, 3.05) is 11.8 Å². The first-order chi connectivity index (χ1) is 15.2. The van der Waals surface area contributed by atoms with Crippen LogP contribution in [0.25, 0.3) is 11.0 Å². The second-order valence-electron chi connectivity index (χ2n) is 6.98. The number of ketones is 1. The number of sulfonamides is 1. The average molecular weight is 457 g/mol. The molecule has 0 unspecified atom stereocenters. The number of nitrogens with one attached hydrogen (secondary N) is 2. The van der Waals surface area contributed by atoms with Gasteiger partial charge >= 0.3 is 0 Å². The lowest BCUT2D eigenvalue weighted by Crippen LogP contribution is -2.16. The number of aryl methyl sites for hydroxylation is 1. The Morgan fingerprint density at radius 3 is 2.66 bits per heavy atom. The predicted molar refractivity (Wildman–Crippen MR) is 114 cm³/mol. The number of methoxy groups -OCH3 is 1. The summed E-state index contributed by atoms with van der Waals surface area (Å²) in [5, 5.41) is 0.430. The van der Waals surface area contributed by atoms with Crippen molar-refractivity contribution < 1.29 is 26.7 Å². The van der Waals surface area contributed by atoms with Crippen LogP contribution in [0, 0.1) is 18.6 Å². The molecule has 0 aliphatic heterocycles. The van der Waals surface area contributed by atoms with Crippen LogP contribution in [-0.4, -0.2) is 31.3 Å². The van der Waals surface area contributed by atoms with Gasteiger partial charge in [-0.15, -0.1) is 0 Å². The highest BCUT2D eigenvalue weighted by Gasteiger charge is 2.25. The van der Waals surface area contributed by atoms with Crippen LogP contribution in [0.5, 0.6) is 5.75 Å². The molecule has 0 spiro atoms. The van der Waals surface area contributed by atoms with Crippen molar-refractivity contribution in [2.45, 2.75) is 11.8 Å². The number of anilines is 1. The number of aromatic nitrogens is 2. The number of fused-ring (bicyclic) bond motifs is 1. The molecule has 0 radical (unpaired) electrons. The summed E-state index contributed by atoms with van der Waals surface area (Å²) in [7, 11) is -2.83. The Bertz CT molecular complexity index is 1470. The molecule has 0 atom stereocenters. The Kier molecular flexibility index (Phi) is 5.39. The number of hydrogen-bond acceptors (Lipinski definition) is 5. The zero-order valence-corrected chi connectivity index (χ0v) is 17.8. The molecule has 0 aliphatic carbocycles. The average Bonchev–Trinajstić information content (AvgIpc) is 3.19. The van der Waals surface area contributed by atoms with Crippen LogP contribution >= 0.6 is 0 Å². The van der Waals surface area contributed by atoms with Crippen molar-refractivity contribution in [3.8, 4) is 5.75 Å². The molecule has 4 aromatic rings. The molecular weight excluding hydrogens is 440 g/mol. The van der Waals surface area contributed by atoms with E-state index in [1.807, 2.05) is 0 Å². The second-order valence-corrected chi connectivity index (χ2v) is 8.67. The third kappa shape index (κ3) is 3.80. The number of pyridine rings is 1. The van der Waals surface area contributed by atoms with E-state index in [-0.39, 0.29) is 16.0 Å². The molecule has 0 saturated heterocycles. The lowest BCUT2D eigenvalue weighted by Gasteiger charge is -2.13. The van der Waals surface area contributed by atoms with E-state index in [2.05, 4.69) is 14.7 Å². The number of nitrogens with zero attached hydrogens (tertiary/aromatic N) is 1. The summed E-state index contributed by atoms with van der Waals surface area (Å²) in [6, 6.07) is 8.53. The minimum Gasteiger partial charge on any atom is -0.495 e. The smallest absolute Gasteiger partial charge is 0.262 e. The van der Waals surface area contributed by atoms with Crippen molar-refractivity contribution >= 4 is 32.5 Å². The van der Waals surface area contributed by atoms with Crippen molar-refractivity contribution in [1.82, 2.24) is 9.97 Å². The highest BCUT2D eigenvalue weighted by Crippen LogP contribution is 2.29. The van der Waals surface area contributed by atoms with Gasteiger partial charge in [-0.1, -0.05) is 12.1 Å². The summed E-state index contributed by atoms with van der Waals surface area (Å²) in [6.07, 6.45) is 2.88. The van der Waals surface area contributed by atoms with Crippen LogP contribution in [0.3, 0.4) is 0 Å². The van der Waals surface area contributed by atoms with E-state index in [0.717, 1.165) is 12.1 Å². The van der Waals surface area contributed by atoms with Gasteiger partial charge in [-0.3, -0.25) is 9.52 Å². The highest BCUT2D eigenvalue weighted by atomic mass is 32.2. The monoisotopic (exact) mass is 457 g/mol. The van der Waals surface area contributed by atoms with E-state index in [1.165, 1.54) is 50.7 Å². The van der Waals surface area contributed by atoms with Gasteiger partial charge in [0.15, 0.2) is 11.6 Å². The Balaban J connectivity index is 1.77. The number of halogens is 2. The molecule has 2 aromatic carbocycles. The van der Waals surface area contributed by atoms with Crippen LogP contribution in [-0.2, 0) is 10.0 Å². The Morgan fingerprint density at radius 2 is 1.94 bits per heavy atom. The maximum Gasteiger partial charge on any atom is 0.262 e. The number of carbonyl (C=O) groups excluding carboxylic acids is 1. The van der Waals surface area contributed by atoms with Crippen LogP contribution in [0.1, 0.15) is 21.5 Å². The fourth-order valence-electron chi connectivity index (χ4n) is 3.29. The first kappa shape index (κ1) is 21.4. The number of rotatable bonds is 6. The van der Waals surface area contributed by atoms with Crippen molar-refractivity contribution in [2.24, 2.45) is 0 Å². The summed E-state index contributed by atoms with van der Waals surface area (Å²) in [5.74, 6) is -2.04. The van der Waals surface area contributed by atoms with Gasteiger partial charge < -0.3 is 9.72 Å². The number of carbonyl (C=O) groups is 1. The molecule has 164 valence electrons. The SMILES string of the molecule is COc1cnc2[nH]cc(C(=O)c3c(C)ccc(NS(=O)(=O)c4cccc(F)c4)c3F)c2c1. The molecule has 0 fully saturated rings. The van der Waals surface area contributed by atoms with Crippen LogP contribution in [0.2, 0.25) is 0 Å². The lowest BCUT2D eigenvalue weighted by atomic mass is 9.98. The third-order valence-electron chi connectivity index (χ3n) is 4.91. The van der Waals surface area contributed by atoms with Crippen LogP contribution in [0.4, 0.5) is 14.5 Å². The molecule has 10 heteroatoms. The fourth-order valence-corrected chi connectivity index (χ4v) is 4.38. The van der Waals surface area contributed by atoms with E-state index in [9.17, 15) is 17.6 Å². The van der Waals surface area contributed by atoms with Crippen LogP contribution < -0.4 is 9.46 Å². The van der Waals surface area contributed by atoms with Gasteiger partial charge in [0.05, 0.1) is 29.5 Å². The molecule has 0 aliphatic rings. The molecular formula is C22H17F2N3O4S. The topological polar surface area (TPSA) is 101 Å². The summed E-state index contributed by atoms with van der Waals surface area (Å²) in [6.45, 7) is 1.54. The zero-order valence-electron chi connectivity index (χ0n) is 16.9. The van der Waals surface area contributed by atoms with Gasteiger partial charge in [0.25, 0.3) is 10.0 Å². The molecule has 0 amide bonds. The van der Waals surface area contributed by atoms with E-state index in [4.69, 9.17) is 4.74 Å². The standard InChI is InChI=1S/C22H17F2N3O4S/c1-12-6-7-18(27-32(29,30)15-5-3-4-13(23)8-15)20(24)19(12)21(28)17-11-26-22-16(17)9-14(31-2)10-25-22/h3-11,27H,1-2H3,(H,25,26). The largest absolute Gasteiger partial charge is 0.495 e. The van der Waals surface area contributed by atoms with Gasteiger partial charge in [-0.2, -0.15) is 0 Å². The van der Waals surface area contributed by atoms with Crippen molar-refractivity contribution in [3.05, 3.63) is 83.2 Å².